The van der Waals surface area contributed by atoms with Crippen molar-refractivity contribution in [1.29, 1.82) is 5.26 Å². The van der Waals surface area contributed by atoms with Gasteiger partial charge in [-0.2, -0.15) is 5.26 Å². The molecule has 2 unspecified atom stereocenters. The van der Waals surface area contributed by atoms with Crippen LogP contribution in [0, 0.1) is 23.2 Å². The topological polar surface area (TPSA) is 82.4 Å². The monoisotopic (exact) mass is 279 g/mol. The van der Waals surface area contributed by atoms with Gasteiger partial charge in [0.25, 0.3) is 0 Å². The van der Waals surface area contributed by atoms with E-state index in [2.05, 4.69) is 5.32 Å². The molecule has 1 saturated heterocycles. The summed E-state index contributed by atoms with van der Waals surface area (Å²) in [5.41, 5.74) is 0. The highest BCUT2D eigenvalue weighted by molar-refractivity contribution is 5.90. The molecule has 0 bridgehead atoms. The van der Waals surface area contributed by atoms with Gasteiger partial charge in [0.15, 0.2) is 0 Å². The number of carbonyl (C=O) groups is 2. The highest BCUT2D eigenvalue weighted by Gasteiger charge is 2.38. The molecule has 0 aromatic carbocycles. The predicted molar refractivity (Wildman–Crippen MR) is 71.4 cm³/mol. The smallest absolute Gasteiger partial charge is 0.245 e. The van der Waals surface area contributed by atoms with Gasteiger partial charge in [-0.15, -0.1) is 0 Å². The third-order valence-corrected chi connectivity index (χ3v) is 3.71. The SMILES string of the molecule is CC(C)C(C#N)C(=O)N1CCOCC1C(=O)NC1CC1. The summed E-state index contributed by atoms with van der Waals surface area (Å²) in [6.07, 6.45) is 2.00. The van der Waals surface area contributed by atoms with E-state index in [1.165, 1.54) is 4.90 Å². The van der Waals surface area contributed by atoms with Crippen molar-refractivity contribution in [3.63, 3.8) is 0 Å². The van der Waals surface area contributed by atoms with Crippen LogP contribution in [0.1, 0.15) is 26.7 Å². The lowest BCUT2D eigenvalue weighted by Gasteiger charge is -2.36. The number of nitrogens with one attached hydrogen (secondary N) is 1. The summed E-state index contributed by atoms with van der Waals surface area (Å²) in [5, 5.41) is 12.0. The fourth-order valence-corrected chi connectivity index (χ4v) is 2.28. The standard InChI is InChI=1S/C14H21N3O3/c1-9(2)11(7-15)14(19)17-5-6-20-8-12(17)13(18)16-10-3-4-10/h9-12H,3-6,8H2,1-2H3,(H,16,18). The fraction of sp³-hybridized carbons (Fsp3) is 0.786. The predicted octanol–water partition coefficient (Wildman–Crippen LogP) is 0.288. The van der Waals surface area contributed by atoms with Gasteiger partial charge in [0.05, 0.1) is 19.3 Å². The summed E-state index contributed by atoms with van der Waals surface area (Å²) in [5.74, 6) is -1.20. The minimum absolute atomic E-state index is 0.0671. The van der Waals surface area contributed by atoms with Gasteiger partial charge in [-0.25, -0.2) is 0 Å². The lowest BCUT2D eigenvalue weighted by Crippen LogP contribution is -2.57. The highest BCUT2D eigenvalue weighted by atomic mass is 16.5. The van der Waals surface area contributed by atoms with E-state index < -0.39 is 12.0 Å². The number of nitrogens with zero attached hydrogens (tertiary/aromatic N) is 2. The molecule has 0 aromatic heterocycles. The molecule has 20 heavy (non-hydrogen) atoms. The van der Waals surface area contributed by atoms with Crippen molar-refractivity contribution < 1.29 is 14.3 Å². The van der Waals surface area contributed by atoms with Gasteiger partial charge < -0.3 is 15.0 Å². The van der Waals surface area contributed by atoms with Crippen LogP contribution < -0.4 is 5.32 Å². The number of carbonyl (C=O) groups excluding carboxylic acids is 2. The molecule has 2 amide bonds. The molecule has 0 aromatic rings. The van der Waals surface area contributed by atoms with Crippen molar-refractivity contribution in [3.8, 4) is 6.07 Å². The average Bonchev–Trinajstić information content (AvgIpc) is 3.23. The number of amides is 2. The zero-order valence-corrected chi connectivity index (χ0v) is 12.0. The van der Waals surface area contributed by atoms with Crippen LogP contribution >= 0.6 is 0 Å². The largest absolute Gasteiger partial charge is 0.377 e. The summed E-state index contributed by atoms with van der Waals surface area (Å²) in [7, 11) is 0. The summed E-state index contributed by atoms with van der Waals surface area (Å²) < 4.78 is 5.32. The van der Waals surface area contributed by atoms with E-state index in [9.17, 15) is 9.59 Å². The first-order valence-electron chi connectivity index (χ1n) is 7.12. The molecule has 2 fully saturated rings. The third kappa shape index (κ3) is 3.28. The number of hydrogen-bond donors (Lipinski definition) is 1. The molecule has 6 heteroatoms. The maximum absolute atomic E-state index is 12.5. The van der Waals surface area contributed by atoms with E-state index in [1.54, 1.807) is 0 Å². The zero-order valence-electron chi connectivity index (χ0n) is 12.0. The van der Waals surface area contributed by atoms with Crippen LogP contribution in [0.15, 0.2) is 0 Å². The molecule has 1 heterocycles. The third-order valence-electron chi connectivity index (χ3n) is 3.71. The average molecular weight is 279 g/mol. The van der Waals surface area contributed by atoms with E-state index in [-0.39, 0.29) is 30.4 Å². The minimum atomic E-state index is -0.704. The van der Waals surface area contributed by atoms with Crippen LogP contribution in [-0.4, -0.2) is 48.6 Å². The maximum Gasteiger partial charge on any atom is 0.245 e. The van der Waals surface area contributed by atoms with E-state index in [0.717, 1.165) is 12.8 Å². The van der Waals surface area contributed by atoms with E-state index in [0.29, 0.717) is 13.2 Å². The first-order chi connectivity index (χ1) is 9.54. The second-order valence-corrected chi connectivity index (χ2v) is 5.76. The van der Waals surface area contributed by atoms with Gasteiger partial charge in [0, 0.05) is 12.6 Å². The lowest BCUT2D eigenvalue weighted by molar-refractivity contribution is -0.151. The first-order valence-corrected chi connectivity index (χ1v) is 7.12. The van der Waals surface area contributed by atoms with Gasteiger partial charge in [0.2, 0.25) is 11.8 Å². The van der Waals surface area contributed by atoms with Crippen LogP contribution in [0.3, 0.4) is 0 Å². The summed E-state index contributed by atoms with van der Waals surface area (Å²) in [6, 6.07) is 1.69. The van der Waals surface area contributed by atoms with E-state index in [4.69, 9.17) is 10.00 Å². The number of morpholine rings is 1. The molecule has 0 spiro atoms. The van der Waals surface area contributed by atoms with Crippen molar-refractivity contribution in [2.24, 2.45) is 11.8 Å². The molecule has 1 aliphatic carbocycles. The Bertz CT molecular complexity index is 426. The Morgan fingerprint density at radius 3 is 2.65 bits per heavy atom. The van der Waals surface area contributed by atoms with Crippen LogP contribution in [0.2, 0.25) is 0 Å². The van der Waals surface area contributed by atoms with Crippen molar-refractivity contribution in [3.05, 3.63) is 0 Å². The van der Waals surface area contributed by atoms with Gasteiger partial charge in [-0.05, 0) is 18.8 Å². The molecule has 1 aliphatic heterocycles. The molecular weight excluding hydrogens is 258 g/mol. The molecule has 2 aliphatic rings. The Kier molecular flexibility index (Phi) is 4.61. The van der Waals surface area contributed by atoms with E-state index in [1.807, 2.05) is 19.9 Å². The molecule has 110 valence electrons. The Morgan fingerprint density at radius 1 is 1.40 bits per heavy atom. The summed E-state index contributed by atoms with van der Waals surface area (Å²) >= 11 is 0. The highest BCUT2D eigenvalue weighted by Crippen LogP contribution is 2.21. The maximum atomic E-state index is 12.5. The fourth-order valence-electron chi connectivity index (χ4n) is 2.28. The molecule has 0 radical (unpaired) electrons. The van der Waals surface area contributed by atoms with Crippen LogP contribution in [0.5, 0.6) is 0 Å². The summed E-state index contributed by atoms with van der Waals surface area (Å²) in [4.78, 5) is 26.1. The molecule has 6 nitrogen and oxygen atoms in total. The van der Waals surface area contributed by atoms with Crippen molar-refractivity contribution in [2.45, 2.75) is 38.8 Å². The number of ether oxygens (including phenoxy) is 1. The Balaban J connectivity index is 2.07. The normalized spacial score (nSPS) is 24.1. The van der Waals surface area contributed by atoms with E-state index >= 15 is 0 Å². The quantitative estimate of drug-likeness (QED) is 0.801. The number of hydrogen-bond acceptors (Lipinski definition) is 4. The molecule has 1 saturated carbocycles. The Morgan fingerprint density at radius 2 is 2.10 bits per heavy atom. The van der Waals surface area contributed by atoms with Crippen molar-refractivity contribution in [1.82, 2.24) is 10.2 Å². The Labute approximate surface area is 119 Å². The molecule has 2 atom stereocenters. The zero-order chi connectivity index (χ0) is 14.7. The van der Waals surface area contributed by atoms with Gasteiger partial charge in [-0.1, -0.05) is 13.8 Å². The van der Waals surface area contributed by atoms with Gasteiger partial charge >= 0.3 is 0 Å². The molecule has 1 N–H and O–H groups in total. The van der Waals surface area contributed by atoms with Gasteiger partial charge in [0.1, 0.15) is 12.0 Å². The minimum Gasteiger partial charge on any atom is -0.377 e. The Hall–Kier alpha value is -1.61. The van der Waals surface area contributed by atoms with Crippen molar-refractivity contribution in [2.75, 3.05) is 19.8 Å². The number of rotatable bonds is 4. The molecular formula is C14H21N3O3. The lowest BCUT2D eigenvalue weighted by atomic mass is 9.95. The second kappa shape index (κ2) is 6.23. The number of nitriles is 1. The second-order valence-electron chi connectivity index (χ2n) is 5.76. The van der Waals surface area contributed by atoms with Crippen LogP contribution in [0.25, 0.3) is 0 Å². The van der Waals surface area contributed by atoms with Crippen LogP contribution in [0.4, 0.5) is 0 Å². The van der Waals surface area contributed by atoms with Gasteiger partial charge in [-0.3, -0.25) is 9.59 Å². The first kappa shape index (κ1) is 14.8. The van der Waals surface area contributed by atoms with Crippen molar-refractivity contribution >= 4 is 11.8 Å². The summed E-state index contributed by atoms with van der Waals surface area (Å²) in [6.45, 7) is 4.67. The van der Waals surface area contributed by atoms with Crippen LogP contribution in [-0.2, 0) is 14.3 Å². The molecule has 2 rings (SSSR count).